The summed E-state index contributed by atoms with van der Waals surface area (Å²) in [6.07, 6.45) is 6.73. The van der Waals surface area contributed by atoms with E-state index in [2.05, 4.69) is 10.6 Å². The minimum Gasteiger partial charge on any atom is -0.368 e. The number of ether oxygens (including phenoxy) is 1. The van der Waals surface area contributed by atoms with Crippen LogP contribution in [0.3, 0.4) is 0 Å². The normalized spacial score (nSPS) is 24.8. The van der Waals surface area contributed by atoms with Crippen molar-refractivity contribution < 1.29 is 9.53 Å². The third-order valence-corrected chi connectivity index (χ3v) is 4.24. The lowest BCUT2D eigenvalue weighted by molar-refractivity contribution is -0.146. The first-order valence-corrected chi connectivity index (χ1v) is 6.81. The molecular formula is C13H24N2O2. The second-order valence-electron chi connectivity index (χ2n) is 5.31. The van der Waals surface area contributed by atoms with Crippen molar-refractivity contribution in [3.8, 4) is 0 Å². The lowest BCUT2D eigenvalue weighted by atomic mass is 9.91. The topological polar surface area (TPSA) is 50.4 Å². The number of rotatable bonds is 4. The lowest BCUT2D eigenvalue weighted by Gasteiger charge is -2.35. The van der Waals surface area contributed by atoms with E-state index < -0.39 is 5.60 Å². The molecule has 2 rings (SSSR count). The highest BCUT2D eigenvalue weighted by Gasteiger charge is 2.39. The molecule has 1 aliphatic carbocycles. The Morgan fingerprint density at radius 2 is 2.00 bits per heavy atom. The Hall–Kier alpha value is -0.610. The van der Waals surface area contributed by atoms with E-state index in [-0.39, 0.29) is 5.91 Å². The molecule has 2 aliphatic rings. The molecule has 1 saturated heterocycles. The van der Waals surface area contributed by atoms with E-state index in [1.54, 1.807) is 7.11 Å². The van der Waals surface area contributed by atoms with E-state index in [4.69, 9.17) is 4.74 Å². The van der Waals surface area contributed by atoms with Gasteiger partial charge in [-0.25, -0.2) is 0 Å². The molecule has 0 spiro atoms. The summed E-state index contributed by atoms with van der Waals surface area (Å²) >= 11 is 0. The van der Waals surface area contributed by atoms with Gasteiger partial charge in [-0.1, -0.05) is 12.8 Å². The van der Waals surface area contributed by atoms with Crippen molar-refractivity contribution in [3.63, 3.8) is 0 Å². The van der Waals surface area contributed by atoms with Crippen LogP contribution >= 0.6 is 0 Å². The van der Waals surface area contributed by atoms with Crippen molar-refractivity contribution in [2.24, 2.45) is 5.92 Å². The van der Waals surface area contributed by atoms with Gasteiger partial charge in [0, 0.05) is 13.7 Å². The number of carbonyl (C=O) groups is 1. The molecular weight excluding hydrogens is 216 g/mol. The molecule has 4 heteroatoms. The second kappa shape index (κ2) is 5.83. The van der Waals surface area contributed by atoms with Crippen LogP contribution in [0, 0.1) is 5.92 Å². The molecule has 0 bridgehead atoms. The molecule has 1 heterocycles. The van der Waals surface area contributed by atoms with Gasteiger partial charge in [0.25, 0.3) is 5.91 Å². The fourth-order valence-corrected chi connectivity index (χ4v) is 2.97. The molecule has 1 aliphatic heterocycles. The highest BCUT2D eigenvalue weighted by molar-refractivity contribution is 5.85. The van der Waals surface area contributed by atoms with Crippen molar-refractivity contribution in [1.82, 2.24) is 10.6 Å². The van der Waals surface area contributed by atoms with Crippen LogP contribution in [0.2, 0.25) is 0 Å². The van der Waals surface area contributed by atoms with Gasteiger partial charge in [0.15, 0.2) is 0 Å². The molecule has 2 fully saturated rings. The highest BCUT2D eigenvalue weighted by atomic mass is 16.5. The van der Waals surface area contributed by atoms with Gasteiger partial charge in [0.05, 0.1) is 0 Å². The summed E-state index contributed by atoms with van der Waals surface area (Å²) in [6, 6.07) is 0. The van der Waals surface area contributed by atoms with Crippen LogP contribution in [0.15, 0.2) is 0 Å². The van der Waals surface area contributed by atoms with E-state index in [1.165, 1.54) is 25.7 Å². The molecule has 1 amide bonds. The minimum atomic E-state index is -0.580. The van der Waals surface area contributed by atoms with Crippen molar-refractivity contribution >= 4 is 5.91 Å². The number of hydrogen-bond acceptors (Lipinski definition) is 3. The van der Waals surface area contributed by atoms with Gasteiger partial charge < -0.3 is 15.4 Å². The zero-order valence-corrected chi connectivity index (χ0v) is 10.8. The Balaban J connectivity index is 1.83. The molecule has 1 saturated carbocycles. The number of hydrogen-bond donors (Lipinski definition) is 2. The Kier molecular flexibility index (Phi) is 4.40. The third kappa shape index (κ3) is 2.99. The second-order valence-corrected chi connectivity index (χ2v) is 5.31. The molecule has 0 radical (unpaired) electrons. The fraction of sp³-hybridized carbons (Fsp3) is 0.923. The van der Waals surface area contributed by atoms with Crippen LogP contribution in [0.4, 0.5) is 0 Å². The molecule has 0 atom stereocenters. The molecule has 2 N–H and O–H groups in total. The maximum absolute atomic E-state index is 12.2. The lowest BCUT2D eigenvalue weighted by Crippen LogP contribution is -2.54. The molecule has 0 aromatic rings. The maximum atomic E-state index is 12.2. The monoisotopic (exact) mass is 240 g/mol. The van der Waals surface area contributed by atoms with Gasteiger partial charge >= 0.3 is 0 Å². The van der Waals surface area contributed by atoms with Crippen LogP contribution in [0.1, 0.15) is 38.5 Å². The van der Waals surface area contributed by atoms with E-state index in [1.807, 2.05) is 0 Å². The van der Waals surface area contributed by atoms with Crippen molar-refractivity contribution in [3.05, 3.63) is 0 Å². The first kappa shape index (κ1) is 12.8. The summed E-state index contributed by atoms with van der Waals surface area (Å²) in [7, 11) is 1.65. The molecule has 0 unspecified atom stereocenters. The van der Waals surface area contributed by atoms with Crippen LogP contribution < -0.4 is 10.6 Å². The Bertz CT molecular complexity index is 256. The SMILES string of the molecule is COC1(C(=O)NCC2CCCC2)CCNCC1. The van der Waals surface area contributed by atoms with E-state index in [0.29, 0.717) is 5.92 Å². The van der Waals surface area contributed by atoms with Gasteiger partial charge in [-0.2, -0.15) is 0 Å². The van der Waals surface area contributed by atoms with E-state index in [9.17, 15) is 4.79 Å². The molecule has 4 nitrogen and oxygen atoms in total. The van der Waals surface area contributed by atoms with Gasteiger partial charge in [-0.05, 0) is 44.7 Å². The highest BCUT2D eigenvalue weighted by Crippen LogP contribution is 2.25. The number of methoxy groups -OCH3 is 1. The Morgan fingerprint density at radius 1 is 1.35 bits per heavy atom. The molecule has 0 aromatic heterocycles. The predicted octanol–water partition coefficient (Wildman–Crippen LogP) is 1.06. The van der Waals surface area contributed by atoms with Gasteiger partial charge in [0.2, 0.25) is 0 Å². The summed E-state index contributed by atoms with van der Waals surface area (Å²) in [4.78, 5) is 12.2. The number of carbonyl (C=O) groups excluding carboxylic acids is 1. The number of nitrogens with one attached hydrogen (secondary N) is 2. The number of amides is 1. The Morgan fingerprint density at radius 3 is 2.59 bits per heavy atom. The molecule has 98 valence electrons. The van der Waals surface area contributed by atoms with E-state index >= 15 is 0 Å². The zero-order chi connectivity index (χ0) is 12.1. The zero-order valence-electron chi connectivity index (χ0n) is 10.8. The van der Waals surface area contributed by atoms with Gasteiger partial charge in [-0.3, -0.25) is 4.79 Å². The van der Waals surface area contributed by atoms with Gasteiger partial charge in [0.1, 0.15) is 5.60 Å². The smallest absolute Gasteiger partial charge is 0.252 e. The Labute approximate surface area is 103 Å². The summed E-state index contributed by atoms with van der Waals surface area (Å²) < 4.78 is 5.50. The van der Waals surface area contributed by atoms with Crippen LogP contribution in [-0.2, 0) is 9.53 Å². The predicted molar refractivity (Wildman–Crippen MR) is 66.8 cm³/mol. The van der Waals surface area contributed by atoms with Crippen LogP contribution in [0.5, 0.6) is 0 Å². The third-order valence-electron chi connectivity index (χ3n) is 4.24. The van der Waals surface area contributed by atoms with E-state index in [0.717, 1.165) is 32.5 Å². The van der Waals surface area contributed by atoms with Crippen LogP contribution in [-0.4, -0.2) is 38.3 Å². The molecule has 0 aromatic carbocycles. The largest absolute Gasteiger partial charge is 0.368 e. The summed E-state index contributed by atoms with van der Waals surface area (Å²) in [6.45, 7) is 2.56. The quantitative estimate of drug-likeness (QED) is 0.772. The summed E-state index contributed by atoms with van der Waals surface area (Å²) in [5, 5.41) is 6.36. The van der Waals surface area contributed by atoms with Crippen molar-refractivity contribution in [1.29, 1.82) is 0 Å². The fourth-order valence-electron chi connectivity index (χ4n) is 2.97. The van der Waals surface area contributed by atoms with Crippen molar-refractivity contribution in [2.75, 3.05) is 26.7 Å². The minimum absolute atomic E-state index is 0.0911. The first-order chi connectivity index (χ1) is 8.27. The average molecular weight is 240 g/mol. The standard InChI is InChI=1S/C13H24N2O2/c1-17-13(6-8-14-9-7-13)12(16)15-10-11-4-2-3-5-11/h11,14H,2-10H2,1H3,(H,15,16). The summed E-state index contributed by atoms with van der Waals surface area (Å²) in [5.41, 5.74) is -0.580. The average Bonchev–Trinajstić information content (AvgIpc) is 2.90. The van der Waals surface area contributed by atoms with Crippen molar-refractivity contribution in [2.45, 2.75) is 44.1 Å². The van der Waals surface area contributed by atoms with Crippen LogP contribution in [0.25, 0.3) is 0 Å². The summed E-state index contributed by atoms with van der Waals surface area (Å²) in [5.74, 6) is 0.781. The number of piperidine rings is 1. The maximum Gasteiger partial charge on any atom is 0.252 e. The molecule has 17 heavy (non-hydrogen) atoms. The first-order valence-electron chi connectivity index (χ1n) is 6.81. The van der Waals surface area contributed by atoms with Gasteiger partial charge in [-0.15, -0.1) is 0 Å².